The standard InChI is InChI=1S/C13H18N2O2S2/c1-8-6-19-13(14-8)9(2)15-5-11(4-12(15)17)7-18-10(3)16/h6,9,11H,4-5,7H2,1-3H3. The summed E-state index contributed by atoms with van der Waals surface area (Å²) in [5.74, 6) is 1.20. The summed E-state index contributed by atoms with van der Waals surface area (Å²) >= 11 is 2.92. The Balaban J connectivity index is 1.97. The Morgan fingerprint density at radius 1 is 1.68 bits per heavy atom. The van der Waals surface area contributed by atoms with Gasteiger partial charge in [0.15, 0.2) is 5.12 Å². The highest BCUT2D eigenvalue weighted by Crippen LogP contribution is 2.31. The number of thioether (sulfide) groups is 1. The van der Waals surface area contributed by atoms with Gasteiger partial charge in [0.2, 0.25) is 5.91 Å². The number of rotatable bonds is 4. The van der Waals surface area contributed by atoms with Gasteiger partial charge in [-0.3, -0.25) is 9.59 Å². The second kappa shape index (κ2) is 6.05. The first-order chi connectivity index (χ1) is 8.97. The van der Waals surface area contributed by atoms with Crippen molar-refractivity contribution < 1.29 is 9.59 Å². The Morgan fingerprint density at radius 3 is 3.00 bits per heavy atom. The van der Waals surface area contributed by atoms with Crippen LogP contribution in [-0.4, -0.2) is 33.2 Å². The summed E-state index contributed by atoms with van der Waals surface area (Å²) in [5, 5.41) is 3.12. The van der Waals surface area contributed by atoms with Gasteiger partial charge in [0.25, 0.3) is 0 Å². The van der Waals surface area contributed by atoms with Crippen LogP contribution in [0.2, 0.25) is 0 Å². The summed E-state index contributed by atoms with van der Waals surface area (Å²) < 4.78 is 0. The number of carbonyl (C=O) groups excluding carboxylic acids is 2. The van der Waals surface area contributed by atoms with Gasteiger partial charge in [0, 0.05) is 36.7 Å². The van der Waals surface area contributed by atoms with E-state index in [0.29, 0.717) is 6.42 Å². The maximum absolute atomic E-state index is 12.1. The molecule has 0 N–H and O–H groups in total. The minimum absolute atomic E-state index is 0.0403. The fraction of sp³-hybridized carbons (Fsp3) is 0.615. The smallest absolute Gasteiger partial charge is 0.223 e. The number of likely N-dealkylation sites (tertiary alicyclic amines) is 1. The Morgan fingerprint density at radius 2 is 2.42 bits per heavy atom. The van der Waals surface area contributed by atoms with E-state index in [1.807, 2.05) is 24.1 Å². The van der Waals surface area contributed by atoms with E-state index in [0.717, 1.165) is 23.0 Å². The number of amides is 1. The molecule has 0 aromatic carbocycles. The summed E-state index contributed by atoms with van der Waals surface area (Å²) in [4.78, 5) is 29.4. The predicted octanol–water partition coefficient (Wildman–Crippen LogP) is 2.64. The van der Waals surface area contributed by atoms with Crippen molar-refractivity contribution in [3.63, 3.8) is 0 Å². The number of carbonyl (C=O) groups is 2. The Hall–Kier alpha value is -0.880. The van der Waals surface area contributed by atoms with Gasteiger partial charge in [-0.25, -0.2) is 4.98 Å². The fourth-order valence-corrected chi connectivity index (χ4v) is 3.79. The van der Waals surface area contributed by atoms with Crippen molar-refractivity contribution >= 4 is 34.1 Å². The molecule has 2 rings (SSSR count). The molecule has 0 radical (unpaired) electrons. The van der Waals surface area contributed by atoms with Crippen molar-refractivity contribution in [2.75, 3.05) is 12.3 Å². The van der Waals surface area contributed by atoms with E-state index in [1.54, 1.807) is 18.3 Å². The molecule has 1 saturated heterocycles. The second-order valence-electron chi connectivity index (χ2n) is 4.92. The van der Waals surface area contributed by atoms with Gasteiger partial charge >= 0.3 is 0 Å². The normalized spacial score (nSPS) is 20.9. The van der Waals surface area contributed by atoms with Crippen molar-refractivity contribution in [1.82, 2.24) is 9.88 Å². The molecule has 19 heavy (non-hydrogen) atoms. The highest BCUT2D eigenvalue weighted by Gasteiger charge is 2.34. The molecule has 0 saturated carbocycles. The average Bonchev–Trinajstić information content (AvgIpc) is 2.92. The van der Waals surface area contributed by atoms with Crippen LogP contribution in [0.25, 0.3) is 0 Å². The summed E-state index contributed by atoms with van der Waals surface area (Å²) in [6.07, 6.45) is 0.551. The van der Waals surface area contributed by atoms with Crippen LogP contribution in [-0.2, 0) is 9.59 Å². The van der Waals surface area contributed by atoms with Crippen LogP contribution in [0.4, 0.5) is 0 Å². The third kappa shape index (κ3) is 3.57. The van der Waals surface area contributed by atoms with Crippen LogP contribution in [0.15, 0.2) is 5.38 Å². The van der Waals surface area contributed by atoms with Gasteiger partial charge in [0.05, 0.1) is 6.04 Å². The SMILES string of the molecule is CC(=O)SCC1CC(=O)N(C(C)c2nc(C)cs2)C1. The van der Waals surface area contributed by atoms with Crippen molar-refractivity contribution in [3.8, 4) is 0 Å². The van der Waals surface area contributed by atoms with E-state index in [4.69, 9.17) is 0 Å². The number of nitrogens with zero attached hydrogens (tertiary/aromatic N) is 2. The molecule has 1 aliphatic rings. The zero-order valence-corrected chi connectivity index (χ0v) is 13.0. The number of thiazole rings is 1. The molecule has 0 aliphatic carbocycles. The van der Waals surface area contributed by atoms with Crippen LogP contribution in [0, 0.1) is 12.8 Å². The van der Waals surface area contributed by atoms with Crippen molar-refractivity contribution in [1.29, 1.82) is 0 Å². The summed E-state index contributed by atoms with van der Waals surface area (Å²) in [5.41, 5.74) is 1.00. The van der Waals surface area contributed by atoms with E-state index in [2.05, 4.69) is 4.98 Å². The summed E-state index contributed by atoms with van der Waals surface area (Å²) in [7, 11) is 0. The molecule has 4 nitrogen and oxygen atoms in total. The molecule has 6 heteroatoms. The van der Waals surface area contributed by atoms with E-state index < -0.39 is 0 Å². The average molecular weight is 298 g/mol. The number of aromatic nitrogens is 1. The van der Waals surface area contributed by atoms with Gasteiger partial charge in [-0.05, 0) is 19.8 Å². The number of aryl methyl sites for hydroxylation is 1. The van der Waals surface area contributed by atoms with Crippen LogP contribution in [0.1, 0.15) is 37.0 Å². The van der Waals surface area contributed by atoms with Crippen molar-refractivity contribution in [3.05, 3.63) is 16.1 Å². The summed E-state index contributed by atoms with van der Waals surface area (Å²) in [6, 6.07) is 0.0403. The Kier molecular flexibility index (Phi) is 4.62. The van der Waals surface area contributed by atoms with Crippen LogP contribution >= 0.6 is 23.1 Å². The first kappa shape index (κ1) is 14.5. The van der Waals surface area contributed by atoms with Gasteiger partial charge < -0.3 is 4.90 Å². The maximum atomic E-state index is 12.1. The molecule has 0 bridgehead atoms. The minimum atomic E-state index is 0.0403. The van der Waals surface area contributed by atoms with Gasteiger partial charge in [-0.1, -0.05) is 11.8 Å². The van der Waals surface area contributed by atoms with Crippen LogP contribution < -0.4 is 0 Å². The third-order valence-corrected chi connectivity index (χ3v) is 5.40. The van der Waals surface area contributed by atoms with E-state index >= 15 is 0 Å². The molecule has 104 valence electrons. The Bertz CT molecular complexity index is 487. The molecular formula is C13H18N2O2S2. The molecule has 1 fully saturated rings. The minimum Gasteiger partial charge on any atom is -0.333 e. The first-order valence-corrected chi connectivity index (χ1v) is 8.18. The lowest BCUT2D eigenvalue weighted by Crippen LogP contribution is -2.28. The fourth-order valence-electron chi connectivity index (χ4n) is 2.23. The molecule has 1 aromatic heterocycles. The van der Waals surface area contributed by atoms with E-state index in [-0.39, 0.29) is 23.0 Å². The van der Waals surface area contributed by atoms with Crippen LogP contribution in [0.5, 0.6) is 0 Å². The summed E-state index contributed by atoms with van der Waals surface area (Å²) in [6.45, 7) is 6.29. The Labute approximate surface area is 121 Å². The third-order valence-electron chi connectivity index (χ3n) is 3.22. The molecule has 2 unspecified atom stereocenters. The van der Waals surface area contributed by atoms with Crippen molar-refractivity contribution in [2.45, 2.75) is 33.2 Å². The highest BCUT2D eigenvalue weighted by atomic mass is 32.2. The molecule has 1 aromatic rings. The second-order valence-corrected chi connectivity index (χ2v) is 7.01. The highest BCUT2D eigenvalue weighted by molar-refractivity contribution is 8.13. The zero-order valence-electron chi connectivity index (χ0n) is 11.4. The van der Waals surface area contributed by atoms with Crippen LogP contribution in [0.3, 0.4) is 0 Å². The van der Waals surface area contributed by atoms with Gasteiger partial charge in [0.1, 0.15) is 5.01 Å². The molecule has 1 aliphatic heterocycles. The monoisotopic (exact) mass is 298 g/mol. The van der Waals surface area contributed by atoms with Gasteiger partial charge in [-0.15, -0.1) is 11.3 Å². The van der Waals surface area contributed by atoms with Gasteiger partial charge in [-0.2, -0.15) is 0 Å². The molecule has 0 spiro atoms. The van der Waals surface area contributed by atoms with E-state index in [9.17, 15) is 9.59 Å². The predicted molar refractivity (Wildman–Crippen MR) is 78.2 cm³/mol. The quantitative estimate of drug-likeness (QED) is 0.857. The first-order valence-electron chi connectivity index (χ1n) is 6.32. The largest absolute Gasteiger partial charge is 0.333 e. The van der Waals surface area contributed by atoms with E-state index in [1.165, 1.54) is 11.8 Å². The maximum Gasteiger partial charge on any atom is 0.223 e. The lowest BCUT2D eigenvalue weighted by molar-refractivity contribution is -0.129. The van der Waals surface area contributed by atoms with Crippen molar-refractivity contribution in [2.24, 2.45) is 5.92 Å². The topological polar surface area (TPSA) is 50.3 Å². The molecular weight excluding hydrogens is 280 g/mol. The lowest BCUT2D eigenvalue weighted by atomic mass is 10.1. The molecule has 2 atom stereocenters. The molecule has 2 heterocycles. The lowest BCUT2D eigenvalue weighted by Gasteiger charge is -2.23. The zero-order chi connectivity index (χ0) is 14.0. The number of hydrogen-bond acceptors (Lipinski definition) is 5. The molecule has 1 amide bonds. The number of hydrogen-bond donors (Lipinski definition) is 0.